The molecule has 11 heavy (non-hydrogen) atoms. The summed E-state index contributed by atoms with van der Waals surface area (Å²) in [4.78, 5) is 12.0. The van der Waals surface area contributed by atoms with E-state index in [1.807, 2.05) is 6.21 Å². The highest BCUT2D eigenvalue weighted by Crippen LogP contribution is 2.23. The lowest BCUT2D eigenvalue weighted by molar-refractivity contribution is 0.977. The van der Waals surface area contributed by atoms with Crippen molar-refractivity contribution in [3.63, 3.8) is 0 Å². The second-order valence-electron chi connectivity index (χ2n) is 2.41. The summed E-state index contributed by atoms with van der Waals surface area (Å²) in [6.45, 7) is 0. The van der Waals surface area contributed by atoms with Crippen LogP contribution in [0.5, 0.6) is 0 Å². The first kappa shape index (κ1) is 6.27. The first-order valence-corrected chi connectivity index (χ1v) is 3.50. The molecule has 0 radical (unpaired) electrons. The smallest absolute Gasteiger partial charge is 0.160 e. The molecule has 1 aromatic heterocycles. The van der Waals surface area contributed by atoms with Gasteiger partial charge in [0.25, 0.3) is 0 Å². The number of nitrogens with two attached hydrogens (primary N) is 1. The minimum absolute atomic E-state index is 0.562. The lowest BCUT2D eigenvalue weighted by Gasteiger charge is -2.08. The van der Waals surface area contributed by atoms with Crippen LogP contribution >= 0.6 is 0 Å². The van der Waals surface area contributed by atoms with Crippen molar-refractivity contribution in [3.8, 4) is 0 Å². The Morgan fingerprint density at radius 2 is 2.27 bits per heavy atom. The van der Waals surface area contributed by atoms with Gasteiger partial charge in [0.2, 0.25) is 0 Å². The number of aliphatic imine (C=N–C) groups is 1. The van der Waals surface area contributed by atoms with Crippen LogP contribution in [-0.4, -0.2) is 16.2 Å². The summed E-state index contributed by atoms with van der Waals surface area (Å²) in [7, 11) is 0. The summed E-state index contributed by atoms with van der Waals surface area (Å²) in [5, 5.41) is 0. The van der Waals surface area contributed by atoms with E-state index in [0.717, 1.165) is 24.2 Å². The van der Waals surface area contributed by atoms with Gasteiger partial charge in [-0.2, -0.15) is 0 Å². The Kier molecular flexibility index (Phi) is 1.31. The Bertz CT molecular complexity index is 305. The highest BCUT2D eigenvalue weighted by molar-refractivity contribution is 5.69. The normalized spacial score (nSPS) is 14.5. The number of anilines is 1. The van der Waals surface area contributed by atoms with Crippen LogP contribution in [0.3, 0.4) is 0 Å². The van der Waals surface area contributed by atoms with E-state index >= 15 is 0 Å². The fourth-order valence-corrected chi connectivity index (χ4v) is 1.13. The molecule has 4 heteroatoms. The molecule has 2 N–H and O–H groups in total. The van der Waals surface area contributed by atoms with Crippen LogP contribution in [0.25, 0.3) is 0 Å². The van der Waals surface area contributed by atoms with E-state index < -0.39 is 0 Å². The van der Waals surface area contributed by atoms with E-state index in [0.29, 0.717) is 5.82 Å². The van der Waals surface area contributed by atoms with Gasteiger partial charge in [-0.1, -0.05) is 0 Å². The summed E-state index contributed by atoms with van der Waals surface area (Å²) in [6.07, 6.45) is 5.14. The van der Waals surface area contributed by atoms with Crippen LogP contribution in [0.2, 0.25) is 0 Å². The third-order valence-electron chi connectivity index (χ3n) is 1.69. The molecule has 56 valence electrons. The minimum Gasteiger partial charge on any atom is -0.383 e. The van der Waals surface area contributed by atoms with E-state index in [4.69, 9.17) is 5.73 Å². The van der Waals surface area contributed by atoms with Crippen molar-refractivity contribution in [2.24, 2.45) is 4.99 Å². The number of nitrogens with zero attached hydrogens (tertiary/aromatic N) is 3. The van der Waals surface area contributed by atoms with E-state index in [-0.39, 0.29) is 0 Å². The quantitative estimate of drug-likeness (QED) is 0.589. The monoisotopic (exact) mass is 148 g/mol. The van der Waals surface area contributed by atoms with Gasteiger partial charge in [-0.05, 0) is 12.8 Å². The van der Waals surface area contributed by atoms with Gasteiger partial charge in [0, 0.05) is 11.8 Å². The summed E-state index contributed by atoms with van der Waals surface area (Å²) < 4.78 is 0. The van der Waals surface area contributed by atoms with Crippen LogP contribution in [0.15, 0.2) is 11.3 Å². The molecular formula is C7H8N4. The molecule has 0 amide bonds. The molecule has 0 unspecified atom stereocenters. The minimum atomic E-state index is 0.562. The van der Waals surface area contributed by atoms with Crippen molar-refractivity contribution in [1.82, 2.24) is 9.97 Å². The maximum atomic E-state index is 5.62. The van der Waals surface area contributed by atoms with E-state index in [1.165, 1.54) is 6.33 Å². The van der Waals surface area contributed by atoms with E-state index in [9.17, 15) is 0 Å². The molecule has 2 rings (SSSR count). The predicted octanol–water partition coefficient (Wildman–Crippen LogP) is 0.707. The Labute approximate surface area is 64.2 Å². The summed E-state index contributed by atoms with van der Waals surface area (Å²) in [6, 6.07) is 0. The zero-order valence-electron chi connectivity index (χ0n) is 5.99. The number of nitrogen functional groups attached to an aromatic ring is 1. The molecule has 0 saturated heterocycles. The topological polar surface area (TPSA) is 64.2 Å². The Hall–Kier alpha value is -1.45. The molecule has 0 bridgehead atoms. The van der Waals surface area contributed by atoms with E-state index in [1.54, 1.807) is 0 Å². The summed E-state index contributed by atoms with van der Waals surface area (Å²) >= 11 is 0. The molecule has 0 fully saturated rings. The standard InChI is InChI=1S/C7H8N4/c8-6-5-2-1-3-9-7(5)11-4-10-6/h3-4H,1-2H2,(H2,8,10,11). The molecule has 1 aliphatic rings. The number of hydrogen-bond donors (Lipinski definition) is 1. The van der Waals surface area contributed by atoms with Gasteiger partial charge < -0.3 is 5.73 Å². The van der Waals surface area contributed by atoms with Gasteiger partial charge in [-0.3, -0.25) is 0 Å². The van der Waals surface area contributed by atoms with Crippen LogP contribution in [-0.2, 0) is 6.42 Å². The van der Waals surface area contributed by atoms with Gasteiger partial charge in [0.05, 0.1) is 0 Å². The van der Waals surface area contributed by atoms with Gasteiger partial charge in [-0.15, -0.1) is 0 Å². The lowest BCUT2D eigenvalue weighted by atomic mass is 10.1. The van der Waals surface area contributed by atoms with E-state index in [2.05, 4.69) is 15.0 Å². The van der Waals surface area contributed by atoms with Crippen molar-refractivity contribution in [1.29, 1.82) is 0 Å². The number of aromatic nitrogens is 2. The molecule has 1 aromatic rings. The van der Waals surface area contributed by atoms with Gasteiger partial charge in [0.1, 0.15) is 12.1 Å². The summed E-state index contributed by atoms with van der Waals surface area (Å²) in [5.74, 6) is 1.29. The fourth-order valence-electron chi connectivity index (χ4n) is 1.13. The SMILES string of the molecule is Nc1ncnc2c1CCC=N2. The van der Waals surface area contributed by atoms with Crippen molar-refractivity contribution >= 4 is 17.9 Å². The molecule has 0 saturated carbocycles. The number of fused-ring (bicyclic) bond motifs is 1. The third kappa shape index (κ3) is 0.960. The average Bonchev–Trinajstić information content (AvgIpc) is 2.06. The van der Waals surface area contributed by atoms with Crippen molar-refractivity contribution < 1.29 is 0 Å². The molecule has 0 spiro atoms. The Balaban J connectivity index is 2.60. The molecule has 1 aliphatic heterocycles. The Morgan fingerprint density at radius 1 is 1.36 bits per heavy atom. The molecule has 2 heterocycles. The summed E-state index contributed by atoms with van der Waals surface area (Å²) in [5.41, 5.74) is 6.60. The zero-order valence-corrected chi connectivity index (χ0v) is 5.99. The zero-order chi connectivity index (χ0) is 7.68. The molecule has 4 nitrogen and oxygen atoms in total. The van der Waals surface area contributed by atoms with Gasteiger partial charge in [0.15, 0.2) is 5.82 Å². The molecule has 0 atom stereocenters. The number of hydrogen-bond acceptors (Lipinski definition) is 4. The average molecular weight is 148 g/mol. The Morgan fingerprint density at radius 3 is 3.09 bits per heavy atom. The second-order valence-corrected chi connectivity index (χ2v) is 2.41. The number of rotatable bonds is 0. The lowest BCUT2D eigenvalue weighted by Crippen LogP contribution is -2.03. The largest absolute Gasteiger partial charge is 0.383 e. The highest BCUT2D eigenvalue weighted by atomic mass is 15.0. The fraction of sp³-hybridized carbons (Fsp3) is 0.286. The van der Waals surface area contributed by atoms with Gasteiger partial charge >= 0.3 is 0 Å². The van der Waals surface area contributed by atoms with Crippen molar-refractivity contribution in [2.75, 3.05) is 5.73 Å². The highest BCUT2D eigenvalue weighted by Gasteiger charge is 2.09. The molecular weight excluding hydrogens is 140 g/mol. The van der Waals surface area contributed by atoms with Crippen molar-refractivity contribution in [2.45, 2.75) is 12.8 Å². The first-order valence-electron chi connectivity index (χ1n) is 3.50. The predicted molar refractivity (Wildman–Crippen MR) is 42.9 cm³/mol. The second kappa shape index (κ2) is 2.30. The maximum Gasteiger partial charge on any atom is 0.160 e. The first-order chi connectivity index (χ1) is 5.38. The van der Waals surface area contributed by atoms with Crippen LogP contribution in [0, 0.1) is 0 Å². The van der Waals surface area contributed by atoms with Crippen LogP contribution in [0.1, 0.15) is 12.0 Å². The molecule has 0 aliphatic carbocycles. The van der Waals surface area contributed by atoms with Gasteiger partial charge in [-0.25, -0.2) is 15.0 Å². The third-order valence-corrected chi connectivity index (χ3v) is 1.69. The van der Waals surface area contributed by atoms with Crippen LogP contribution < -0.4 is 5.73 Å². The van der Waals surface area contributed by atoms with Crippen molar-refractivity contribution in [3.05, 3.63) is 11.9 Å². The van der Waals surface area contributed by atoms with Crippen LogP contribution in [0.4, 0.5) is 11.6 Å². The maximum absolute atomic E-state index is 5.62. The molecule has 0 aromatic carbocycles.